The van der Waals surface area contributed by atoms with Gasteiger partial charge in [0.15, 0.2) is 0 Å². The molecule has 0 bridgehead atoms. The molecule has 0 spiro atoms. The second kappa shape index (κ2) is 7.10. The van der Waals surface area contributed by atoms with Crippen LogP contribution in [0.2, 0.25) is 0 Å². The van der Waals surface area contributed by atoms with E-state index in [-0.39, 0.29) is 0 Å². The Labute approximate surface area is 149 Å². The molecule has 2 nitrogen and oxygen atoms in total. The standard InChI is InChI=1S/C23H24N2/c1-17-7-4-12-22(23-24-15-6-16-25-23)20(17)14-13-19-10-5-9-18-8-2-3-11-21(18)19/h2-5,7-12H,6,13-16H2,1H3,(H,24,25). The zero-order valence-electron chi connectivity index (χ0n) is 14.8. The second-order valence-electron chi connectivity index (χ2n) is 6.75. The molecule has 0 aliphatic carbocycles. The van der Waals surface area contributed by atoms with E-state index in [0.29, 0.717) is 0 Å². The van der Waals surface area contributed by atoms with Gasteiger partial charge in [-0.05, 0) is 53.6 Å². The molecule has 0 radical (unpaired) electrons. The normalized spacial score (nSPS) is 14.2. The monoisotopic (exact) mass is 328 g/mol. The lowest BCUT2D eigenvalue weighted by Gasteiger charge is -2.19. The maximum Gasteiger partial charge on any atom is 0.128 e. The Bertz CT molecular complexity index is 919. The van der Waals surface area contributed by atoms with E-state index in [1.165, 1.54) is 33.0 Å². The number of fused-ring (bicyclic) bond motifs is 1. The summed E-state index contributed by atoms with van der Waals surface area (Å²) >= 11 is 0. The highest BCUT2D eigenvalue weighted by Crippen LogP contribution is 2.23. The molecule has 1 aliphatic rings. The average Bonchev–Trinajstić information content (AvgIpc) is 2.67. The van der Waals surface area contributed by atoms with Gasteiger partial charge in [0, 0.05) is 18.7 Å². The van der Waals surface area contributed by atoms with E-state index >= 15 is 0 Å². The van der Waals surface area contributed by atoms with Crippen LogP contribution in [-0.2, 0) is 12.8 Å². The first-order valence-electron chi connectivity index (χ1n) is 9.17. The van der Waals surface area contributed by atoms with Gasteiger partial charge in [0.2, 0.25) is 0 Å². The predicted octanol–water partition coefficient (Wildman–Crippen LogP) is 4.67. The molecule has 126 valence electrons. The van der Waals surface area contributed by atoms with Crippen molar-refractivity contribution in [3.63, 3.8) is 0 Å². The van der Waals surface area contributed by atoms with Crippen molar-refractivity contribution in [1.29, 1.82) is 0 Å². The Hall–Kier alpha value is -2.61. The average molecular weight is 328 g/mol. The highest BCUT2D eigenvalue weighted by molar-refractivity contribution is 6.00. The zero-order chi connectivity index (χ0) is 17.1. The maximum atomic E-state index is 4.71. The first-order chi connectivity index (χ1) is 12.3. The molecule has 0 fully saturated rings. The number of hydrogen-bond acceptors (Lipinski definition) is 2. The SMILES string of the molecule is Cc1cccc(C2=NCCCN2)c1CCc1cccc2ccccc12. The Balaban J connectivity index is 1.66. The second-order valence-corrected chi connectivity index (χ2v) is 6.75. The van der Waals surface area contributed by atoms with E-state index in [1.807, 2.05) is 0 Å². The van der Waals surface area contributed by atoms with E-state index < -0.39 is 0 Å². The minimum atomic E-state index is 0.930. The Morgan fingerprint density at radius 3 is 2.64 bits per heavy atom. The van der Waals surface area contributed by atoms with E-state index in [4.69, 9.17) is 4.99 Å². The zero-order valence-corrected chi connectivity index (χ0v) is 14.8. The number of benzene rings is 3. The molecule has 4 rings (SSSR count). The third-order valence-electron chi connectivity index (χ3n) is 5.09. The lowest BCUT2D eigenvalue weighted by atomic mass is 9.93. The topological polar surface area (TPSA) is 24.4 Å². The fourth-order valence-corrected chi connectivity index (χ4v) is 3.74. The highest BCUT2D eigenvalue weighted by Gasteiger charge is 2.13. The minimum Gasteiger partial charge on any atom is -0.370 e. The number of hydrogen-bond donors (Lipinski definition) is 1. The molecule has 3 aromatic rings. The fourth-order valence-electron chi connectivity index (χ4n) is 3.74. The molecule has 1 heterocycles. The van der Waals surface area contributed by atoms with Gasteiger partial charge >= 0.3 is 0 Å². The summed E-state index contributed by atoms with van der Waals surface area (Å²) in [5, 5.41) is 6.17. The first-order valence-corrected chi connectivity index (χ1v) is 9.17. The van der Waals surface area contributed by atoms with Crippen molar-refractivity contribution in [3.05, 3.63) is 82.9 Å². The molecular formula is C23H24N2. The van der Waals surface area contributed by atoms with Gasteiger partial charge in [0.25, 0.3) is 0 Å². The van der Waals surface area contributed by atoms with Crippen LogP contribution in [0.25, 0.3) is 10.8 Å². The molecule has 1 aliphatic heterocycles. The first kappa shape index (κ1) is 15.9. The molecule has 1 N–H and O–H groups in total. The largest absolute Gasteiger partial charge is 0.370 e. The summed E-state index contributed by atoms with van der Waals surface area (Å²) in [6, 6.07) is 21.9. The summed E-state index contributed by atoms with van der Waals surface area (Å²) in [5.41, 5.74) is 5.47. The van der Waals surface area contributed by atoms with Crippen LogP contribution in [0, 0.1) is 6.92 Å². The van der Waals surface area contributed by atoms with Crippen molar-refractivity contribution in [2.24, 2.45) is 4.99 Å². The van der Waals surface area contributed by atoms with Crippen molar-refractivity contribution < 1.29 is 0 Å². The fraction of sp³-hybridized carbons (Fsp3) is 0.261. The van der Waals surface area contributed by atoms with Crippen LogP contribution in [0.1, 0.15) is 28.7 Å². The Morgan fingerprint density at radius 2 is 1.76 bits per heavy atom. The maximum absolute atomic E-state index is 4.71. The lowest BCUT2D eigenvalue weighted by Crippen LogP contribution is -2.31. The van der Waals surface area contributed by atoms with Gasteiger partial charge in [0.1, 0.15) is 5.84 Å². The Morgan fingerprint density at radius 1 is 0.920 bits per heavy atom. The van der Waals surface area contributed by atoms with Crippen molar-refractivity contribution >= 4 is 16.6 Å². The van der Waals surface area contributed by atoms with Crippen molar-refractivity contribution in [3.8, 4) is 0 Å². The van der Waals surface area contributed by atoms with E-state index in [9.17, 15) is 0 Å². The molecule has 2 heteroatoms. The molecule has 0 atom stereocenters. The molecule has 25 heavy (non-hydrogen) atoms. The smallest absolute Gasteiger partial charge is 0.128 e. The van der Waals surface area contributed by atoms with Gasteiger partial charge < -0.3 is 5.32 Å². The van der Waals surface area contributed by atoms with E-state index in [1.54, 1.807) is 0 Å². The van der Waals surface area contributed by atoms with Crippen LogP contribution in [0.5, 0.6) is 0 Å². The van der Waals surface area contributed by atoms with Crippen molar-refractivity contribution in [2.75, 3.05) is 13.1 Å². The molecular weight excluding hydrogens is 304 g/mol. The van der Waals surface area contributed by atoms with Crippen molar-refractivity contribution in [2.45, 2.75) is 26.2 Å². The molecule has 0 saturated carbocycles. The molecule has 0 amide bonds. The summed E-state index contributed by atoms with van der Waals surface area (Å²) in [6.45, 7) is 4.17. The summed E-state index contributed by atoms with van der Waals surface area (Å²) in [5.74, 6) is 1.07. The van der Waals surface area contributed by atoms with Crippen LogP contribution in [0.3, 0.4) is 0 Å². The van der Waals surface area contributed by atoms with Crippen LogP contribution in [-0.4, -0.2) is 18.9 Å². The highest BCUT2D eigenvalue weighted by atomic mass is 15.0. The third-order valence-corrected chi connectivity index (χ3v) is 5.09. The van der Waals surface area contributed by atoms with Gasteiger partial charge in [-0.15, -0.1) is 0 Å². The van der Waals surface area contributed by atoms with Crippen molar-refractivity contribution in [1.82, 2.24) is 5.32 Å². The van der Waals surface area contributed by atoms with Crippen LogP contribution in [0.15, 0.2) is 65.7 Å². The third kappa shape index (κ3) is 3.30. The number of aryl methyl sites for hydroxylation is 2. The molecule has 3 aromatic carbocycles. The summed E-state index contributed by atoms with van der Waals surface area (Å²) in [6.07, 6.45) is 3.21. The molecule has 0 unspecified atom stereocenters. The number of nitrogens with zero attached hydrogens (tertiary/aromatic N) is 1. The van der Waals surface area contributed by atoms with Gasteiger partial charge in [0.05, 0.1) is 0 Å². The number of rotatable bonds is 4. The summed E-state index contributed by atoms with van der Waals surface area (Å²) in [4.78, 5) is 4.71. The van der Waals surface area contributed by atoms with Gasteiger partial charge in [-0.2, -0.15) is 0 Å². The van der Waals surface area contributed by atoms with Crippen LogP contribution in [0.4, 0.5) is 0 Å². The van der Waals surface area contributed by atoms with Crippen LogP contribution >= 0.6 is 0 Å². The van der Waals surface area contributed by atoms with Gasteiger partial charge in [-0.1, -0.05) is 60.7 Å². The quantitative estimate of drug-likeness (QED) is 0.739. The van der Waals surface area contributed by atoms with E-state index in [0.717, 1.165) is 38.2 Å². The molecule has 0 aromatic heterocycles. The molecule has 0 saturated heterocycles. The lowest BCUT2D eigenvalue weighted by molar-refractivity contribution is 0.741. The Kier molecular flexibility index (Phi) is 4.51. The minimum absolute atomic E-state index is 0.930. The van der Waals surface area contributed by atoms with Gasteiger partial charge in [-0.3, -0.25) is 4.99 Å². The summed E-state index contributed by atoms with van der Waals surface area (Å²) in [7, 11) is 0. The van der Waals surface area contributed by atoms with E-state index in [2.05, 4.69) is 72.9 Å². The number of amidine groups is 1. The number of nitrogens with one attached hydrogen (secondary N) is 1. The predicted molar refractivity (Wildman–Crippen MR) is 107 cm³/mol. The van der Waals surface area contributed by atoms with Crippen LogP contribution < -0.4 is 5.32 Å². The van der Waals surface area contributed by atoms with Gasteiger partial charge in [-0.25, -0.2) is 0 Å². The number of aliphatic imine (C=N–C) groups is 1. The summed E-state index contributed by atoms with van der Waals surface area (Å²) < 4.78 is 0.